The molecule has 0 aliphatic carbocycles. The molecular formula is C10H21NOSi. The average molecular weight is 199 g/mol. The first kappa shape index (κ1) is 10.8. The summed E-state index contributed by atoms with van der Waals surface area (Å²) in [5, 5.41) is 0. The van der Waals surface area contributed by atoms with E-state index in [2.05, 4.69) is 45.0 Å². The van der Waals surface area contributed by atoms with Crippen LogP contribution in [0.2, 0.25) is 19.6 Å². The molecule has 2 nitrogen and oxygen atoms in total. The van der Waals surface area contributed by atoms with E-state index in [4.69, 9.17) is 0 Å². The lowest BCUT2D eigenvalue weighted by atomic mass is 9.75. The van der Waals surface area contributed by atoms with E-state index in [0.717, 1.165) is 6.42 Å². The summed E-state index contributed by atoms with van der Waals surface area (Å²) in [6.07, 6.45) is 1.09. The lowest BCUT2D eigenvalue weighted by Gasteiger charge is -2.58. The minimum absolute atomic E-state index is 0.102. The van der Waals surface area contributed by atoms with Gasteiger partial charge in [-0.3, -0.25) is 4.79 Å². The zero-order valence-corrected chi connectivity index (χ0v) is 10.6. The van der Waals surface area contributed by atoms with Crippen molar-refractivity contribution >= 4 is 14.1 Å². The summed E-state index contributed by atoms with van der Waals surface area (Å²) in [5.74, 6) is 0.360. The molecule has 1 aliphatic heterocycles. The Bertz CT molecular complexity index is 230. The summed E-state index contributed by atoms with van der Waals surface area (Å²) < 4.78 is 2.16. The molecule has 0 saturated carbocycles. The van der Waals surface area contributed by atoms with E-state index in [1.807, 2.05) is 0 Å². The van der Waals surface area contributed by atoms with Crippen LogP contribution in [0.15, 0.2) is 0 Å². The minimum Gasteiger partial charge on any atom is -0.366 e. The fourth-order valence-electron chi connectivity index (χ4n) is 2.32. The second-order valence-corrected chi connectivity index (χ2v) is 10.3. The van der Waals surface area contributed by atoms with Gasteiger partial charge in [0.15, 0.2) is 8.24 Å². The van der Waals surface area contributed by atoms with Crippen molar-refractivity contribution in [3.05, 3.63) is 0 Å². The molecule has 0 bridgehead atoms. The molecule has 0 aromatic carbocycles. The summed E-state index contributed by atoms with van der Waals surface area (Å²) in [6.45, 7) is 13.0. The van der Waals surface area contributed by atoms with Crippen molar-refractivity contribution in [2.45, 2.75) is 52.9 Å². The van der Waals surface area contributed by atoms with Gasteiger partial charge >= 0.3 is 0 Å². The highest BCUT2D eigenvalue weighted by atomic mass is 28.3. The lowest BCUT2D eigenvalue weighted by molar-refractivity contribution is -0.158. The van der Waals surface area contributed by atoms with Crippen molar-refractivity contribution in [1.29, 1.82) is 0 Å². The van der Waals surface area contributed by atoms with E-state index < -0.39 is 8.24 Å². The molecule has 1 amide bonds. The van der Waals surface area contributed by atoms with Crippen LogP contribution >= 0.6 is 0 Å². The van der Waals surface area contributed by atoms with Crippen molar-refractivity contribution in [2.24, 2.45) is 5.41 Å². The molecule has 1 saturated heterocycles. The maximum absolute atomic E-state index is 11.9. The van der Waals surface area contributed by atoms with Crippen molar-refractivity contribution in [3.8, 4) is 0 Å². The molecule has 1 unspecified atom stereocenters. The van der Waals surface area contributed by atoms with E-state index in [-0.39, 0.29) is 5.41 Å². The predicted molar refractivity (Wildman–Crippen MR) is 58.1 cm³/mol. The number of hydrogen-bond donors (Lipinski definition) is 0. The van der Waals surface area contributed by atoms with E-state index in [9.17, 15) is 4.79 Å². The minimum atomic E-state index is -1.43. The van der Waals surface area contributed by atoms with Gasteiger partial charge in [0.1, 0.15) is 0 Å². The van der Waals surface area contributed by atoms with Crippen LogP contribution in [-0.2, 0) is 4.79 Å². The van der Waals surface area contributed by atoms with Gasteiger partial charge < -0.3 is 4.57 Å². The molecule has 13 heavy (non-hydrogen) atoms. The van der Waals surface area contributed by atoms with Crippen LogP contribution in [0.4, 0.5) is 0 Å². The van der Waals surface area contributed by atoms with Gasteiger partial charge in [-0.15, -0.1) is 0 Å². The Morgan fingerprint density at radius 1 is 1.38 bits per heavy atom. The number of rotatable bonds is 2. The Balaban J connectivity index is 2.87. The number of nitrogens with zero attached hydrogens (tertiary/aromatic N) is 1. The summed E-state index contributed by atoms with van der Waals surface area (Å²) >= 11 is 0. The monoisotopic (exact) mass is 199 g/mol. The zero-order chi connectivity index (χ0) is 10.4. The second kappa shape index (κ2) is 2.84. The summed E-state index contributed by atoms with van der Waals surface area (Å²) in [5.41, 5.74) is -0.102. The molecule has 0 aromatic heterocycles. The van der Waals surface area contributed by atoms with Gasteiger partial charge in [-0.05, 0) is 20.3 Å². The number of carbonyl (C=O) groups is 1. The molecule has 1 heterocycles. The Hall–Kier alpha value is -0.313. The highest BCUT2D eigenvalue weighted by Gasteiger charge is 2.56. The third-order valence-electron chi connectivity index (χ3n) is 3.02. The summed E-state index contributed by atoms with van der Waals surface area (Å²) in [4.78, 5) is 11.9. The van der Waals surface area contributed by atoms with Crippen LogP contribution < -0.4 is 0 Å². The molecule has 3 heteroatoms. The molecule has 76 valence electrons. The van der Waals surface area contributed by atoms with Crippen molar-refractivity contribution in [3.63, 3.8) is 0 Å². The van der Waals surface area contributed by atoms with Crippen LogP contribution in [0, 0.1) is 5.41 Å². The Kier molecular flexibility index (Phi) is 2.35. The maximum atomic E-state index is 11.9. The summed E-state index contributed by atoms with van der Waals surface area (Å²) in [6, 6.07) is 0.478. The Morgan fingerprint density at radius 2 is 1.85 bits per heavy atom. The fraction of sp³-hybridized carbons (Fsp3) is 0.900. The number of β-lactam (4-membered cyclic amide) rings is 1. The number of carbonyl (C=O) groups excluding carboxylic acids is 1. The first-order valence-electron chi connectivity index (χ1n) is 5.06. The molecule has 0 radical (unpaired) electrons. The van der Waals surface area contributed by atoms with Crippen molar-refractivity contribution in [2.75, 3.05) is 0 Å². The van der Waals surface area contributed by atoms with E-state index in [1.54, 1.807) is 0 Å². The molecule has 0 aromatic rings. The number of hydrogen-bond acceptors (Lipinski definition) is 1. The normalized spacial score (nSPS) is 27.4. The molecular weight excluding hydrogens is 178 g/mol. The molecule has 1 atom stereocenters. The average Bonchev–Trinajstić information content (AvgIpc) is 1.96. The van der Waals surface area contributed by atoms with Crippen LogP contribution in [0.5, 0.6) is 0 Å². The predicted octanol–water partition coefficient (Wildman–Crippen LogP) is 2.47. The quantitative estimate of drug-likeness (QED) is 0.494. The third-order valence-corrected chi connectivity index (χ3v) is 4.98. The van der Waals surface area contributed by atoms with Crippen LogP contribution in [0.1, 0.15) is 27.2 Å². The molecule has 1 fully saturated rings. The lowest BCUT2D eigenvalue weighted by Crippen LogP contribution is -2.73. The number of amides is 1. The maximum Gasteiger partial charge on any atom is 0.222 e. The van der Waals surface area contributed by atoms with Gasteiger partial charge in [0.05, 0.1) is 5.41 Å². The highest BCUT2D eigenvalue weighted by Crippen LogP contribution is 2.43. The largest absolute Gasteiger partial charge is 0.366 e. The summed E-state index contributed by atoms with van der Waals surface area (Å²) in [7, 11) is -1.43. The molecule has 1 rings (SSSR count). The van der Waals surface area contributed by atoms with Crippen molar-refractivity contribution in [1.82, 2.24) is 4.57 Å². The van der Waals surface area contributed by atoms with E-state index in [1.165, 1.54) is 0 Å². The topological polar surface area (TPSA) is 20.3 Å². The SMILES string of the molecule is CCC1N([Si](C)(C)C)C(=O)C1(C)C. The smallest absolute Gasteiger partial charge is 0.222 e. The highest BCUT2D eigenvalue weighted by molar-refractivity contribution is 6.76. The fourth-order valence-corrected chi connectivity index (χ4v) is 4.65. The molecule has 0 N–H and O–H groups in total. The first-order chi connectivity index (χ1) is 5.73. The standard InChI is InChI=1S/C10H21NOSi/c1-7-8-10(2,3)9(12)11(8)13(4,5)6/h8H,7H2,1-6H3. The second-order valence-electron chi connectivity index (χ2n) is 5.49. The van der Waals surface area contributed by atoms with Crippen LogP contribution in [-0.4, -0.2) is 24.7 Å². The third kappa shape index (κ3) is 1.43. The first-order valence-corrected chi connectivity index (χ1v) is 8.51. The van der Waals surface area contributed by atoms with Gasteiger partial charge in [-0.2, -0.15) is 0 Å². The van der Waals surface area contributed by atoms with Crippen molar-refractivity contribution < 1.29 is 4.79 Å². The van der Waals surface area contributed by atoms with Crippen LogP contribution in [0.3, 0.4) is 0 Å². The molecule has 0 spiro atoms. The Morgan fingerprint density at radius 3 is 2.08 bits per heavy atom. The van der Waals surface area contributed by atoms with E-state index >= 15 is 0 Å². The zero-order valence-electron chi connectivity index (χ0n) is 9.64. The Labute approximate surface area is 82.4 Å². The molecule has 1 aliphatic rings. The van der Waals surface area contributed by atoms with E-state index in [0.29, 0.717) is 11.9 Å². The van der Waals surface area contributed by atoms with Gasteiger partial charge in [0, 0.05) is 6.04 Å². The van der Waals surface area contributed by atoms with Crippen LogP contribution in [0.25, 0.3) is 0 Å². The van der Waals surface area contributed by atoms with Gasteiger partial charge in [0.2, 0.25) is 5.91 Å². The van der Waals surface area contributed by atoms with Gasteiger partial charge in [-0.25, -0.2) is 0 Å². The van der Waals surface area contributed by atoms with Gasteiger partial charge in [-0.1, -0.05) is 26.6 Å². The van der Waals surface area contributed by atoms with Gasteiger partial charge in [0.25, 0.3) is 0 Å².